The van der Waals surface area contributed by atoms with Gasteiger partial charge in [-0.1, -0.05) is 19.1 Å². The number of hydrogen-bond donors (Lipinski definition) is 2. The first-order valence-corrected chi connectivity index (χ1v) is 6.78. The van der Waals surface area contributed by atoms with Crippen LogP contribution in [0.1, 0.15) is 24.2 Å². The molecule has 0 amide bonds. The minimum atomic E-state index is -0.126. The Balaban J connectivity index is 2.23. The predicted molar refractivity (Wildman–Crippen MR) is 74.0 cm³/mol. The number of benzene rings is 1. The van der Waals surface area contributed by atoms with E-state index in [1.54, 1.807) is 18.6 Å². The second kappa shape index (κ2) is 6.49. The molecule has 4 nitrogen and oxygen atoms in total. The van der Waals surface area contributed by atoms with Crippen LogP contribution in [-0.4, -0.2) is 15.7 Å². The van der Waals surface area contributed by atoms with Crippen LogP contribution < -0.4 is 11.3 Å². The Morgan fingerprint density at radius 3 is 2.61 bits per heavy atom. The fourth-order valence-corrected chi connectivity index (χ4v) is 2.40. The lowest BCUT2D eigenvalue weighted by Gasteiger charge is -2.15. The average molecular weight is 260 g/mol. The van der Waals surface area contributed by atoms with Crippen molar-refractivity contribution in [3.63, 3.8) is 0 Å². The highest BCUT2D eigenvalue weighted by Crippen LogP contribution is 2.23. The Morgan fingerprint density at radius 1 is 1.28 bits per heavy atom. The molecule has 5 heteroatoms. The van der Waals surface area contributed by atoms with E-state index in [-0.39, 0.29) is 6.04 Å². The first-order chi connectivity index (χ1) is 8.85. The van der Waals surface area contributed by atoms with Crippen molar-refractivity contribution in [2.75, 3.05) is 5.75 Å². The van der Waals surface area contributed by atoms with E-state index < -0.39 is 0 Å². The SMILES string of the molecule is CCSc1ccc(C(NN)c2cnccn2)cc1. The molecule has 0 aliphatic heterocycles. The van der Waals surface area contributed by atoms with Gasteiger partial charge in [-0.2, -0.15) is 0 Å². The molecule has 1 atom stereocenters. The number of hydrazine groups is 1. The molecule has 1 heterocycles. The van der Waals surface area contributed by atoms with Crippen LogP contribution in [-0.2, 0) is 0 Å². The third-order valence-electron chi connectivity index (χ3n) is 2.57. The van der Waals surface area contributed by atoms with Gasteiger partial charge in [0.1, 0.15) is 0 Å². The molecule has 0 fully saturated rings. The van der Waals surface area contributed by atoms with Gasteiger partial charge in [-0.15, -0.1) is 11.8 Å². The lowest BCUT2D eigenvalue weighted by atomic mass is 10.1. The van der Waals surface area contributed by atoms with Gasteiger partial charge >= 0.3 is 0 Å². The third-order valence-corrected chi connectivity index (χ3v) is 3.46. The standard InChI is InChI=1S/C13H16N4S/c1-2-18-11-5-3-10(4-6-11)13(17-14)12-9-15-7-8-16-12/h3-9,13,17H,2,14H2,1H3. The largest absolute Gasteiger partial charge is 0.271 e. The smallest absolute Gasteiger partial charge is 0.0897 e. The van der Waals surface area contributed by atoms with Gasteiger partial charge in [0.25, 0.3) is 0 Å². The van der Waals surface area contributed by atoms with Crippen molar-refractivity contribution in [1.29, 1.82) is 0 Å². The molecule has 0 aliphatic rings. The fourth-order valence-electron chi connectivity index (χ4n) is 1.74. The summed E-state index contributed by atoms with van der Waals surface area (Å²) in [4.78, 5) is 9.60. The van der Waals surface area contributed by atoms with Gasteiger partial charge in [-0.25, -0.2) is 5.43 Å². The summed E-state index contributed by atoms with van der Waals surface area (Å²) in [6, 6.07) is 8.21. The van der Waals surface area contributed by atoms with E-state index >= 15 is 0 Å². The number of rotatable bonds is 5. The lowest BCUT2D eigenvalue weighted by molar-refractivity contribution is 0.617. The number of nitrogens with two attached hydrogens (primary N) is 1. The Labute approximate surface area is 111 Å². The van der Waals surface area contributed by atoms with E-state index in [1.165, 1.54) is 4.90 Å². The van der Waals surface area contributed by atoms with Gasteiger partial charge in [0.15, 0.2) is 0 Å². The number of nitrogens with one attached hydrogen (secondary N) is 1. The normalized spacial score (nSPS) is 12.3. The van der Waals surface area contributed by atoms with Crippen molar-refractivity contribution in [2.24, 2.45) is 5.84 Å². The number of thioether (sulfide) groups is 1. The fraction of sp³-hybridized carbons (Fsp3) is 0.231. The molecule has 1 aromatic carbocycles. The number of aromatic nitrogens is 2. The molecule has 2 aromatic rings. The average Bonchev–Trinajstić information content (AvgIpc) is 2.43. The molecule has 1 unspecified atom stereocenters. The molecule has 0 radical (unpaired) electrons. The van der Waals surface area contributed by atoms with E-state index in [0.29, 0.717) is 0 Å². The molecule has 0 bridgehead atoms. The van der Waals surface area contributed by atoms with Crippen LogP contribution >= 0.6 is 11.8 Å². The molecule has 0 spiro atoms. The van der Waals surface area contributed by atoms with Gasteiger partial charge in [0, 0.05) is 17.3 Å². The zero-order valence-corrected chi connectivity index (χ0v) is 11.0. The molecular weight excluding hydrogens is 244 g/mol. The summed E-state index contributed by atoms with van der Waals surface area (Å²) < 4.78 is 0. The van der Waals surface area contributed by atoms with Crippen LogP contribution in [0.25, 0.3) is 0 Å². The van der Waals surface area contributed by atoms with Crippen LogP contribution in [0.3, 0.4) is 0 Å². The summed E-state index contributed by atoms with van der Waals surface area (Å²) in [6.45, 7) is 2.14. The summed E-state index contributed by atoms with van der Waals surface area (Å²) >= 11 is 1.82. The summed E-state index contributed by atoms with van der Waals surface area (Å²) in [5, 5.41) is 0. The molecule has 0 saturated carbocycles. The molecule has 1 aromatic heterocycles. The van der Waals surface area contributed by atoms with E-state index in [4.69, 9.17) is 5.84 Å². The molecule has 94 valence electrons. The van der Waals surface area contributed by atoms with Crippen LogP contribution in [0, 0.1) is 0 Å². The van der Waals surface area contributed by atoms with Crippen molar-refractivity contribution < 1.29 is 0 Å². The van der Waals surface area contributed by atoms with E-state index in [2.05, 4.69) is 46.6 Å². The summed E-state index contributed by atoms with van der Waals surface area (Å²) in [6.07, 6.45) is 5.04. The van der Waals surface area contributed by atoms with Crippen molar-refractivity contribution in [1.82, 2.24) is 15.4 Å². The molecular formula is C13H16N4S. The van der Waals surface area contributed by atoms with Crippen LogP contribution in [0.15, 0.2) is 47.8 Å². The maximum absolute atomic E-state index is 5.61. The van der Waals surface area contributed by atoms with Gasteiger partial charge < -0.3 is 0 Å². The molecule has 2 rings (SSSR count). The predicted octanol–water partition coefficient (Wildman–Crippen LogP) is 2.14. The van der Waals surface area contributed by atoms with Crippen LogP contribution in [0.4, 0.5) is 0 Å². The second-order valence-corrected chi connectivity index (χ2v) is 5.07. The zero-order chi connectivity index (χ0) is 12.8. The van der Waals surface area contributed by atoms with E-state index in [9.17, 15) is 0 Å². The number of hydrogen-bond acceptors (Lipinski definition) is 5. The van der Waals surface area contributed by atoms with Gasteiger partial charge in [-0.05, 0) is 23.4 Å². The highest BCUT2D eigenvalue weighted by atomic mass is 32.2. The zero-order valence-electron chi connectivity index (χ0n) is 10.2. The second-order valence-electron chi connectivity index (χ2n) is 3.73. The van der Waals surface area contributed by atoms with Crippen molar-refractivity contribution in [3.05, 3.63) is 54.1 Å². The highest BCUT2D eigenvalue weighted by molar-refractivity contribution is 7.99. The van der Waals surface area contributed by atoms with Crippen molar-refractivity contribution in [3.8, 4) is 0 Å². The third kappa shape index (κ3) is 3.07. The molecule has 18 heavy (non-hydrogen) atoms. The molecule has 0 aliphatic carbocycles. The number of nitrogens with zero attached hydrogens (tertiary/aromatic N) is 2. The van der Waals surface area contributed by atoms with Gasteiger partial charge in [-0.3, -0.25) is 15.8 Å². The Bertz CT molecular complexity index is 472. The van der Waals surface area contributed by atoms with Gasteiger partial charge in [0.05, 0.1) is 17.9 Å². The summed E-state index contributed by atoms with van der Waals surface area (Å²) in [5.74, 6) is 6.68. The van der Waals surface area contributed by atoms with E-state index in [1.807, 2.05) is 11.8 Å². The maximum atomic E-state index is 5.61. The first-order valence-electron chi connectivity index (χ1n) is 5.80. The monoisotopic (exact) mass is 260 g/mol. The van der Waals surface area contributed by atoms with Crippen LogP contribution in [0.2, 0.25) is 0 Å². The Morgan fingerprint density at radius 2 is 2.06 bits per heavy atom. The Hall–Kier alpha value is -1.43. The molecule has 3 N–H and O–H groups in total. The lowest BCUT2D eigenvalue weighted by Crippen LogP contribution is -2.29. The quantitative estimate of drug-likeness (QED) is 0.490. The van der Waals surface area contributed by atoms with Crippen LogP contribution in [0.5, 0.6) is 0 Å². The maximum Gasteiger partial charge on any atom is 0.0897 e. The Kier molecular flexibility index (Phi) is 4.69. The van der Waals surface area contributed by atoms with E-state index in [0.717, 1.165) is 17.0 Å². The first kappa shape index (κ1) is 13.0. The minimum Gasteiger partial charge on any atom is -0.271 e. The van der Waals surface area contributed by atoms with Crippen molar-refractivity contribution in [2.45, 2.75) is 17.9 Å². The summed E-state index contributed by atoms with van der Waals surface area (Å²) in [5.41, 5.74) is 4.67. The molecule has 0 saturated heterocycles. The minimum absolute atomic E-state index is 0.126. The highest BCUT2D eigenvalue weighted by Gasteiger charge is 2.13. The van der Waals surface area contributed by atoms with Gasteiger partial charge in [0.2, 0.25) is 0 Å². The summed E-state index contributed by atoms with van der Waals surface area (Å²) in [7, 11) is 0. The topological polar surface area (TPSA) is 63.8 Å². The van der Waals surface area contributed by atoms with Crippen molar-refractivity contribution >= 4 is 11.8 Å².